The van der Waals surface area contributed by atoms with Crippen molar-refractivity contribution < 1.29 is 92.4 Å². The molecule has 2 aliphatic carbocycles. The summed E-state index contributed by atoms with van der Waals surface area (Å²) in [4.78, 5) is 101. The smallest absolute Gasteiger partial charge is 0.365 e. The Hall–Kier alpha value is -9.30. The molecule has 4 atom stereocenters. The molecule has 2 aromatic carbocycles. The normalized spacial score (nSPS) is 23.0. The third-order valence-corrected chi connectivity index (χ3v) is 34.3. The molecule has 18 rings (SSSR count). The number of anilines is 4. The second-order valence-electron chi connectivity index (χ2n) is 33.7. The lowest BCUT2D eigenvalue weighted by Crippen LogP contribution is -2.53. The number of amides is 4. The van der Waals surface area contributed by atoms with Crippen LogP contribution in [0, 0.1) is 40.4 Å². The van der Waals surface area contributed by atoms with Gasteiger partial charge in [-0.1, -0.05) is 41.9 Å². The number of rotatable bonds is 14. The average molecular weight is 1920 g/mol. The number of carbonyl (C=O) groups excluding carboxylic acids is 4. The number of thiophene rings is 2. The molecule has 0 radical (unpaired) electrons. The maximum absolute atomic E-state index is 14.8. The van der Waals surface area contributed by atoms with Crippen molar-refractivity contribution in [1.29, 1.82) is 0 Å². The maximum Gasteiger partial charge on any atom is 0.451 e. The highest BCUT2D eigenvalue weighted by Gasteiger charge is 2.46. The summed E-state index contributed by atoms with van der Waals surface area (Å²) in [5, 5.41) is -0.411. The fraction of sp³-hybridized carbons (Fsp3) is 0.524. The van der Waals surface area contributed by atoms with Crippen molar-refractivity contribution in [3.05, 3.63) is 187 Å². The molecule has 0 spiro atoms. The standard InChI is InChI=1S/2C23H27FN4O3S.C19H20ClF3N4O3S2.C19H20F4N4O3S2/c24-20-3-1-2-18(12-20)21-15-27(23-25-13-19(14-26-23)16-4-5-16)8-9-28(21)22(29)17-6-10-32(30,31)11-7-17;24-19-4-2-1-3-18(19)21-15-27(22-14-25-20(13-26-22)16-5-6-16)9-10-28(21)23(29)17-7-11-32(30,31)12-8-17;2*20-16-2-1-15(31-16)14-11-26(13-9-24-18(25-10-13)19(21,22)23)5-6-27(14)17(28)12-3-7-32(29,30)8-4-12/h1-3,12-14,16-17,21H,4-11,15H2;1-4,13-14,16-17,21H,5-12,15H2;2*1-2,9-10,12,14H,3-8,11H2. The zero-order valence-electron chi connectivity index (χ0n) is 69.2. The average Bonchev–Trinajstić information content (AvgIpc) is 1.68. The van der Waals surface area contributed by atoms with E-state index >= 15 is 0 Å². The first kappa shape index (κ1) is 93.4. The van der Waals surface area contributed by atoms with E-state index in [1.165, 1.54) is 48.4 Å². The van der Waals surface area contributed by atoms with Crippen LogP contribution in [0.4, 0.5) is 62.7 Å². The Morgan fingerprint density at radius 2 is 0.781 bits per heavy atom. The Kier molecular flexibility index (Phi) is 28.5. The monoisotopic (exact) mass is 1920 g/mol. The molecule has 8 saturated heterocycles. The lowest BCUT2D eigenvalue weighted by atomic mass is 9.96. The summed E-state index contributed by atoms with van der Waals surface area (Å²) in [5.74, 6) is -2.41. The molecule has 14 heterocycles. The van der Waals surface area contributed by atoms with E-state index in [0.717, 1.165) is 76.5 Å². The largest absolute Gasteiger partial charge is 0.451 e. The van der Waals surface area contributed by atoms with Crippen LogP contribution in [0.2, 0.25) is 4.34 Å². The first-order valence-corrected chi connectivity index (χ1v) is 51.6. The van der Waals surface area contributed by atoms with Crippen LogP contribution in [-0.2, 0) is 70.9 Å². The number of nitrogens with zero attached hydrogens (tertiary/aromatic N) is 16. The van der Waals surface area contributed by atoms with E-state index in [0.29, 0.717) is 148 Å². The minimum atomic E-state index is -4.64. The Balaban J connectivity index is 0.000000131. The summed E-state index contributed by atoms with van der Waals surface area (Å²) in [6.07, 6.45) is 9.71. The Bertz CT molecular complexity index is 5570. The SMILES string of the molecule is O=C(C1CCS(=O)(=O)CC1)N1CCN(c2cnc(C(F)(F)F)nc2)CC1c1ccc(Cl)s1.O=C(C1CCS(=O)(=O)CC1)N1CCN(c2cnc(C(F)(F)F)nc2)CC1c1ccc(F)s1.O=C(C1CCS(=O)(=O)CC1)N1CCN(c2cnc(C3CC3)cn2)CC1c1ccccc1F.O=C(C1CCS(=O)(=O)CC1)N1CCN(c2ncc(C3CC3)cn2)CC1c1cccc(F)c1. The van der Waals surface area contributed by atoms with Gasteiger partial charge >= 0.3 is 12.4 Å². The van der Waals surface area contributed by atoms with Crippen LogP contribution in [-0.4, -0.2) is 241 Å². The van der Waals surface area contributed by atoms with Crippen molar-refractivity contribution in [1.82, 2.24) is 59.5 Å². The quantitative estimate of drug-likeness (QED) is 0.0913. The topological polar surface area (TPSA) is 334 Å². The van der Waals surface area contributed by atoms with Crippen LogP contribution in [0.1, 0.15) is 157 Å². The van der Waals surface area contributed by atoms with Crippen LogP contribution >= 0.6 is 34.3 Å². The molecule has 4 unspecified atom stereocenters. The number of carbonyl (C=O) groups is 4. The fourth-order valence-electron chi connectivity index (χ4n) is 17.5. The number of alkyl halides is 6. The highest BCUT2D eigenvalue weighted by molar-refractivity contribution is 7.92. The van der Waals surface area contributed by atoms with Crippen molar-refractivity contribution in [2.75, 3.05) is 144 Å². The van der Waals surface area contributed by atoms with E-state index in [1.54, 1.807) is 67.1 Å². The molecular formula is C84H94ClF9N16O12S6. The molecular weight excluding hydrogens is 1820 g/mol. The van der Waals surface area contributed by atoms with Gasteiger partial charge in [-0.3, -0.25) is 24.2 Å². The predicted molar refractivity (Wildman–Crippen MR) is 461 cm³/mol. The molecule has 28 nitrogen and oxygen atoms in total. The number of halogens is 10. The van der Waals surface area contributed by atoms with Gasteiger partial charge in [-0.05, 0) is 137 Å². The predicted octanol–water partition coefficient (Wildman–Crippen LogP) is 11.8. The van der Waals surface area contributed by atoms with Crippen molar-refractivity contribution >= 4 is 120 Å². The summed E-state index contributed by atoms with van der Waals surface area (Å²) < 4.78 is 214. The van der Waals surface area contributed by atoms with Gasteiger partial charge in [0, 0.05) is 136 Å². The number of benzene rings is 2. The molecule has 4 amide bonds. The number of aromatic nitrogens is 8. The third kappa shape index (κ3) is 23.2. The highest BCUT2D eigenvalue weighted by atomic mass is 35.5. The van der Waals surface area contributed by atoms with Gasteiger partial charge < -0.3 is 39.2 Å². The van der Waals surface area contributed by atoms with Crippen LogP contribution in [0.25, 0.3) is 0 Å². The van der Waals surface area contributed by atoms with Crippen molar-refractivity contribution in [2.24, 2.45) is 23.7 Å². The first-order chi connectivity index (χ1) is 60.9. The molecule has 10 aliphatic rings. The molecule has 2 saturated carbocycles. The van der Waals surface area contributed by atoms with Gasteiger partial charge in [0.05, 0.1) is 129 Å². The number of hydrogen-bond donors (Lipinski definition) is 0. The van der Waals surface area contributed by atoms with Gasteiger partial charge in [-0.25, -0.2) is 77.3 Å². The molecule has 0 bridgehead atoms. The van der Waals surface area contributed by atoms with Gasteiger partial charge in [0.15, 0.2) is 5.13 Å². The van der Waals surface area contributed by atoms with E-state index in [-0.39, 0.29) is 137 Å². The second kappa shape index (κ2) is 39.0. The van der Waals surface area contributed by atoms with Crippen molar-refractivity contribution in [2.45, 2.75) is 125 Å². The fourth-order valence-corrected chi connectivity index (χ4v) is 25.5. The van der Waals surface area contributed by atoms with E-state index in [2.05, 4.69) is 44.8 Å². The lowest BCUT2D eigenvalue weighted by molar-refractivity contribution is -0.145. The van der Waals surface area contributed by atoms with E-state index < -0.39 is 86.5 Å². The number of sulfone groups is 4. The summed E-state index contributed by atoms with van der Waals surface area (Å²) in [7, 11) is -12.3. The van der Waals surface area contributed by atoms with Crippen molar-refractivity contribution in [3.63, 3.8) is 0 Å². The van der Waals surface area contributed by atoms with Gasteiger partial charge in [-0.15, -0.1) is 22.7 Å². The highest BCUT2D eigenvalue weighted by Crippen LogP contribution is 2.44. The van der Waals surface area contributed by atoms with E-state index in [4.69, 9.17) is 11.6 Å². The van der Waals surface area contributed by atoms with Gasteiger partial charge in [0.1, 0.15) is 56.8 Å². The number of piperazine rings is 4. The zero-order valence-corrected chi connectivity index (χ0v) is 74.9. The molecule has 10 fully saturated rings. The van der Waals surface area contributed by atoms with E-state index in [1.807, 2.05) is 40.5 Å². The summed E-state index contributed by atoms with van der Waals surface area (Å²) >= 11 is 8.34. The second-order valence-corrected chi connectivity index (χ2v) is 45.8. The Morgan fingerprint density at radius 1 is 0.375 bits per heavy atom. The van der Waals surface area contributed by atoms with Crippen LogP contribution in [0.5, 0.6) is 0 Å². The van der Waals surface area contributed by atoms with Crippen LogP contribution in [0.3, 0.4) is 0 Å². The van der Waals surface area contributed by atoms with Gasteiger partial charge in [0.25, 0.3) is 0 Å². The molecule has 6 aromatic heterocycles. The molecule has 688 valence electrons. The molecule has 0 N–H and O–H groups in total. The van der Waals surface area contributed by atoms with Gasteiger partial charge in [-0.2, -0.15) is 30.7 Å². The molecule has 128 heavy (non-hydrogen) atoms. The summed E-state index contributed by atoms with van der Waals surface area (Å²) in [6, 6.07) is 17.6. The minimum Gasteiger partial charge on any atom is -0.365 e. The van der Waals surface area contributed by atoms with Crippen LogP contribution < -0.4 is 19.6 Å². The lowest BCUT2D eigenvalue weighted by Gasteiger charge is -2.43. The minimum absolute atomic E-state index is 0.00175. The Morgan fingerprint density at radius 3 is 1.18 bits per heavy atom. The first-order valence-electron chi connectivity index (χ1n) is 42.3. The van der Waals surface area contributed by atoms with E-state index in [9.17, 15) is 92.4 Å². The van der Waals surface area contributed by atoms with Gasteiger partial charge in [0.2, 0.25) is 41.2 Å². The van der Waals surface area contributed by atoms with Crippen molar-refractivity contribution in [3.8, 4) is 0 Å². The molecule has 8 aliphatic heterocycles. The zero-order chi connectivity index (χ0) is 90.8. The summed E-state index contributed by atoms with van der Waals surface area (Å²) in [6.45, 7) is 4.77. The Labute approximate surface area is 747 Å². The molecule has 44 heteroatoms. The summed E-state index contributed by atoms with van der Waals surface area (Å²) in [5.41, 5.74) is 4.17. The maximum atomic E-state index is 14.8. The van der Waals surface area contributed by atoms with Crippen LogP contribution in [0.15, 0.2) is 122 Å². The third-order valence-electron chi connectivity index (χ3n) is 25.1. The number of hydrogen-bond acceptors (Lipinski definition) is 26. The molecule has 8 aromatic rings.